The first-order chi connectivity index (χ1) is 18.8. The summed E-state index contributed by atoms with van der Waals surface area (Å²) in [5.41, 5.74) is 3.17. The zero-order valence-corrected chi connectivity index (χ0v) is 23.3. The Bertz CT molecular complexity index is 1200. The molecule has 0 saturated heterocycles. The number of aryl methyl sites for hydroxylation is 1. The molecule has 0 aliphatic carbocycles. The molecule has 1 heterocycles. The average molecular weight is 538 g/mol. The van der Waals surface area contributed by atoms with Crippen molar-refractivity contribution in [2.45, 2.75) is 51.6 Å². The molecule has 1 aliphatic heterocycles. The Labute approximate surface area is 230 Å². The molecule has 0 saturated carbocycles. The van der Waals surface area contributed by atoms with E-state index in [9.17, 15) is 14.7 Å². The van der Waals surface area contributed by atoms with E-state index in [0.29, 0.717) is 67.5 Å². The number of allylic oxidation sites excluding steroid dienone is 2. The maximum Gasteiger partial charge on any atom is 0.344 e. The fourth-order valence-corrected chi connectivity index (χ4v) is 4.53. The fourth-order valence-electron chi connectivity index (χ4n) is 4.53. The SMILES string of the molecule is C=CCc1c(OCCCOc2ccc3c(c2CCC)OC(C(=O)O)CC3)ccc(C(=O)C=CN(C)C)c1OC. The van der Waals surface area contributed by atoms with Gasteiger partial charge < -0.3 is 29.0 Å². The molecule has 0 bridgehead atoms. The standard InChI is InChI=1S/C31H39NO7/c1-6-9-23-26(14-11-21-12-15-28(31(34)35)39-29(21)23)37-19-8-20-38-27-16-13-22(25(33)17-18-32(3)4)30(36-5)24(27)10-7-2/h7,11,13-14,16-18,28H,2,6,8-10,12,15,19-20H2,1,3-5H3,(H,34,35). The summed E-state index contributed by atoms with van der Waals surface area (Å²) in [5, 5.41) is 9.42. The highest BCUT2D eigenvalue weighted by Crippen LogP contribution is 2.38. The number of rotatable bonds is 15. The molecule has 0 radical (unpaired) electrons. The van der Waals surface area contributed by atoms with Crippen molar-refractivity contribution >= 4 is 11.8 Å². The molecule has 0 fully saturated rings. The number of carbonyl (C=O) groups excluding carboxylic acids is 1. The molecular formula is C31H39NO7. The highest BCUT2D eigenvalue weighted by Gasteiger charge is 2.28. The van der Waals surface area contributed by atoms with E-state index in [1.54, 1.807) is 36.4 Å². The minimum absolute atomic E-state index is 0.155. The monoisotopic (exact) mass is 537 g/mol. The fraction of sp³-hybridized carbons (Fsp3) is 0.419. The molecule has 1 atom stereocenters. The summed E-state index contributed by atoms with van der Waals surface area (Å²) < 4.78 is 23.7. The third kappa shape index (κ3) is 7.56. The molecule has 1 unspecified atom stereocenters. The van der Waals surface area contributed by atoms with Gasteiger partial charge in [0.05, 0.1) is 25.9 Å². The number of carboxylic acid groups (broad SMARTS) is 1. The molecule has 0 spiro atoms. The second kappa shape index (κ2) is 14.3. The largest absolute Gasteiger partial charge is 0.496 e. The number of hydrogen-bond donors (Lipinski definition) is 1. The summed E-state index contributed by atoms with van der Waals surface area (Å²) in [5.74, 6) is 1.38. The lowest BCUT2D eigenvalue weighted by Gasteiger charge is -2.26. The Morgan fingerprint density at radius 1 is 1.13 bits per heavy atom. The Kier molecular flexibility index (Phi) is 10.8. The number of methoxy groups -OCH3 is 1. The topological polar surface area (TPSA) is 94.5 Å². The van der Waals surface area contributed by atoms with Crippen LogP contribution in [0.2, 0.25) is 0 Å². The molecule has 8 heteroatoms. The number of ketones is 1. The number of fused-ring (bicyclic) bond motifs is 1. The Morgan fingerprint density at radius 2 is 1.82 bits per heavy atom. The van der Waals surface area contributed by atoms with Crippen molar-refractivity contribution in [2.24, 2.45) is 0 Å². The number of ether oxygens (including phenoxy) is 4. The maximum atomic E-state index is 12.7. The van der Waals surface area contributed by atoms with E-state index < -0.39 is 12.1 Å². The molecular weight excluding hydrogens is 498 g/mol. The van der Waals surface area contributed by atoms with Gasteiger partial charge in [0.15, 0.2) is 11.9 Å². The molecule has 2 aromatic rings. The number of hydrogen-bond acceptors (Lipinski definition) is 7. The first kappa shape index (κ1) is 29.6. The van der Waals surface area contributed by atoms with Gasteiger partial charge in [-0.1, -0.05) is 25.5 Å². The van der Waals surface area contributed by atoms with E-state index in [1.165, 1.54) is 6.08 Å². The predicted octanol–water partition coefficient (Wildman–Crippen LogP) is 5.26. The highest BCUT2D eigenvalue weighted by molar-refractivity contribution is 6.07. The first-order valence-electron chi connectivity index (χ1n) is 13.3. The van der Waals surface area contributed by atoms with Crippen LogP contribution in [0.4, 0.5) is 0 Å². The lowest BCUT2D eigenvalue weighted by molar-refractivity contribution is -0.145. The molecule has 39 heavy (non-hydrogen) atoms. The van der Waals surface area contributed by atoms with Gasteiger partial charge in [-0.15, -0.1) is 6.58 Å². The van der Waals surface area contributed by atoms with E-state index in [1.807, 2.05) is 26.2 Å². The zero-order chi connectivity index (χ0) is 28.4. The van der Waals surface area contributed by atoms with Gasteiger partial charge in [0.1, 0.15) is 23.0 Å². The predicted molar refractivity (Wildman–Crippen MR) is 150 cm³/mol. The van der Waals surface area contributed by atoms with Crippen molar-refractivity contribution in [1.82, 2.24) is 4.90 Å². The van der Waals surface area contributed by atoms with Gasteiger partial charge in [-0.2, -0.15) is 0 Å². The highest BCUT2D eigenvalue weighted by atomic mass is 16.5. The van der Waals surface area contributed by atoms with Crippen molar-refractivity contribution in [2.75, 3.05) is 34.4 Å². The average Bonchev–Trinajstić information content (AvgIpc) is 2.92. The second-order valence-corrected chi connectivity index (χ2v) is 9.57. The third-order valence-electron chi connectivity index (χ3n) is 6.37. The number of nitrogens with zero attached hydrogens (tertiary/aromatic N) is 1. The summed E-state index contributed by atoms with van der Waals surface area (Å²) in [4.78, 5) is 26.0. The number of aliphatic carboxylic acids is 1. The summed E-state index contributed by atoms with van der Waals surface area (Å²) in [6, 6.07) is 7.41. The number of carbonyl (C=O) groups is 2. The Morgan fingerprint density at radius 3 is 2.44 bits per heavy atom. The van der Waals surface area contributed by atoms with Crippen LogP contribution in [0.3, 0.4) is 0 Å². The maximum absolute atomic E-state index is 12.7. The second-order valence-electron chi connectivity index (χ2n) is 9.57. The first-order valence-corrected chi connectivity index (χ1v) is 13.3. The van der Waals surface area contributed by atoms with Gasteiger partial charge in [0, 0.05) is 43.9 Å². The van der Waals surface area contributed by atoms with Crippen LogP contribution in [0.5, 0.6) is 23.0 Å². The van der Waals surface area contributed by atoms with Crippen LogP contribution in [-0.4, -0.2) is 62.3 Å². The molecule has 8 nitrogen and oxygen atoms in total. The molecule has 210 valence electrons. The minimum Gasteiger partial charge on any atom is -0.496 e. The van der Waals surface area contributed by atoms with Gasteiger partial charge in [-0.25, -0.2) is 4.79 Å². The van der Waals surface area contributed by atoms with Crippen molar-refractivity contribution in [3.05, 3.63) is 71.5 Å². The van der Waals surface area contributed by atoms with Gasteiger partial charge in [-0.3, -0.25) is 4.79 Å². The molecule has 2 aromatic carbocycles. The van der Waals surface area contributed by atoms with E-state index in [2.05, 4.69) is 13.5 Å². The van der Waals surface area contributed by atoms with Gasteiger partial charge in [0.2, 0.25) is 0 Å². The molecule has 0 amide bonds. The van der Waals surface area contributed by atoms with Crippen LogP contribution in [0.15, 0.2) is 49.2 Å². The molecule has 1 N–H and O–H groups in total. The number of benzene rings is 2. The Balaban J connectivity index is 1.67. The van der Waals surface area contributed by atoms with Crippen molar-refractivity contribution in [3.8, 4) is 23.0 Å². The lowest BCUT2D eigenvalue weighted by Crippen LogP contribution is -2.31. The molecule has 3 rings (SSSR count). The van der Waals surface area contributed by atoms with Gasteiger partial charge in [-0.05, 0) is 49.4 Å². The van der Waals surface area contributed by atoms with E-state index in [0.717, 1.165) is 29.5 Å². The Hall–Kier alpha value is -3.94. The molecule has 1 aliphatic rings. The van der Waals surface area contributed by atoms with Crippen molar-refractivity contribution < 1.29 is 33.6 Å². The van der Waals surface area contributed by atoms with E-state index in [-0.39, 0.29) is 5.78 Å². The van der Waals surface area contributed by atoms with Crippen LogP contribution in [0.1, 0.15) is 53.2 Å². The minimum atomic E-state index is -0.943. The summed E-state index contributed by atoms with van der Waals surface area (Å²) in [6.45, 7) is 6.72. The zero-order valence-electron chi connectivity index (χ0n) is 23.3. The molecule has 0 aromatic heterocycles. The number of carboxylic acids is 1. The van der Waals surface area contributed by atoms with Crippen LogP contribution in [-0.2, 0) is 24.1 Å². The summed E-state index contributed by atoms with van der Waals surface area (Å²) in [7, 11) is 5.24. The summed E-state index contributed by atoms with van der Waals surface area (Å²) >= 11 is 0. The normalized spacial score (nSPS) is 14.3. The smallest absolute Gasteiger partial charge is 0.344 e. The van der Waals surface area contributed by atoms with E-state index in [4.69, 9.17) is 18.9 Å². The van der Waals surface area contributed by atoms with Crippen molar-refractivity contribution in [1.29, 1.82) is 0 Å². The third-order valence-corrected chi connectivity index (χ3v) is 6.37. The van der Waals surface area contributed by atoms with Gasteiger partial charge >= 0.3 is 5.97 Å². The van der Waals surface area contributed by atoms with Crippen molar-refractivity contribution in [3.63, 3.8) is 0 Å². The quantitative estimate of drug-likeness (QED) is 0.142. The van der Waals surface area contributed by atoms with E-state index >= 15 is 0 Å². The van der Waals surface area contributed by atoms with Crippen LogP contribution < -0.4 is 18.9 Å². The van der Waals surface area contributed by atoms with Crippen LogP contribution >= 0.6 is 0 Å². The lowest BCUT2D eigenvalue weighted by atomic mass is 9.96. The van der Waals surface area contributed by atoms with Crippen LogP contribution in [0, 0.1) is 0 Å². The van der Waals surface area contributed by atoms with Gasteiger partial charge in [0.25, 0.3) is 0 Å². The van der Waals surface area contributed by atoms with Crippen LogP contribution in [0.25, 0.3) is 0 Å². The summed E-state index contributed by atoms with van der Waals surface area (Å²) in [6.07, 6.45) is 7.98.